The number of ether oxygens (including phenoxy) is 2. The van der Waals surface area contributed by atoms with Crippen LogP contribution in [0.2, 0.25) is 5.02 Å². The summed E-state index contributed by atoms with van der Waals surface area (Å²) in [6.07, 6.45) is 1.04. The predicted molar refractivity (Wildman–Crippen MR) is 106 cm³/mol. The first-order chi connectivity index (χ1) is 13.3. The number of nitrogens with zero attached hydrogens (tertiary/aromatic N) is 3. The third kappa shape index (κ3) is 5.30. The zero-order chi connectivity index (χ0) is 20.1. The summed E-state index contributed by atoms with van der Waals surface area (Å²) in [6.45, 7) is 0.298. The Morgan fingerprint density at radius 3 is 2.57 bits per heavy atom. The minimum atomic E-state index is -3.51. The van der Waals surface area contributed by atoms with Crippen LogP contribution in [0.5, 0.6) is 11.8 Å². The predicted octanol–water partition coefficient (Wildman–Crippen LogP) is 3.15. The third-order valence-corrected chi connectivity index (χ3v) is 4.34. The van der Waals surface area contributed by atoms with Gasteiger partial charge < -0.3 is 9.47 Å². The molecule has 0 fully saturated rings. The van der Waals surface area contributed by atoms with E-state index in [1.165, 1.54) is 13.2 Å². The molecule has 3 aromatic rings. The van der Waals surface area contributed by atoms with Gasteiger partial charge >= 0.3 is 0 Å². The van der Waals surface area contributed by atoms with Crippen molar-refractivity contribution in [1.29, 1.82) is 0 Å². The van der Waals surface area contributed by atoms with Gasteiger partial charge in [-0.2, -0.15) is 0 Å². The van der Waals surface area contributed by atoms with Gasteiger partial charge in [0.15, 0.2) is 0 Å². The van der Waals surface area contributed by atoms with Gasteiger partial charge in [0.2, 0.25) is 15.9 Å². The summed E-state index contributed by atoms with van der Waals surface area (Å²) in [7, 11) is -2.14. The smallest absolute Gasteiger partial charge is 0.257 e. The first-order valence-corrected chi connectivity index (χ1v) is 10.3. The van der Waals surface area contributed by atoms with Crippen LogP contribution in [0.1, 0.15) is 5.56 Å². The number of pyridine rings is 1. The molecule has 0 atom stereocenters. The van der Waals surface area contributed by atoms with Gasteiger partial charge in [0.05, 0.1) is 19.1 Å². The van der Waals surface area contributed by atoms with Crippen LogP contribution in [0.25, 0.3) is 11.4 Å². The lowest BCUT2D eigenvalue weighted by Gasteiger charge is -2.10. The largest absolute Gasteiger partial charge is 0.478 e. The Labute approximate surface area is 167 Å². The minimum Gasteiger partial charge on any atom is -0.478 e. The summed E-state index contributed by atoms with van der Waals surface area (Å²) in [6, 6.07) is 14.0. The summed E-state index contributed by atoms with van der Waals surface area (Å²) in [5.41, 5.74) is 1.90. The van der Waals surface area contributed by atoms with E-state index >= 15 is 0 Å². The number of hydrogen-bond donors (Lipinski definition) is 1. The number of rotatable bonds is 7. The second-order valence-electron chi connectivity index (χ2n) is 5.81. The highest BCUT2D eigenvalue weighted by molar-refractivity contribution is 7.92. The highest BCUT2D eigenvalue weighted by Crippen LogP contribution is 2.27. The molecule has 2 aromatic heterocycles. The number of aromatic nitrogens is 3. The van der Waals surface area contributed by atoms with Gasteiger partial charge in [-0.1, -0.05) is 29.8 Å². The maximum absolute atomic E-state index is 11.6. The average molecular weight is 421 g/mol. The maximum atomic E-state index is 11.6. The number of halogens is 1. The molecular formula is C18H17ClN4O4S. The topological polar surface area (TPSA) is 103 Å². The second-order valence-corrected chi connectivity index (χ2v) is 7.99. The number of sulfonamides is 1. The summed E-state index contributed by atoms with van der Waals surface area (Å²) >= 11 is 5.97. The molecule has 0 saturated heterocycles. The van der Waals surface area contributed by atoms with Crippen LogP contribution in [-0.4, -0.2) is 37.0 Å². The first-order valence-electron chi connectivity index (χ1n) is 8.08. The van der Waals surface area contributed by atoms with Gasteiger partial charge in [0.25, 0.3) is 5.88 Å². The molecule has 0 spiro atoms. The number of nitrogens with one attached hydrogen (secondary N) is 1. The SMILES string of the molecule is COc1nnc(-c2cccc(OCc3cccc(Cl)c3)n2)cc1NS(C)(=O)=O. The Hall–Kier alpha value is -2.91. The van der Waals surface area contributed by atoms with E-state index in [4.69, 9.17) is 21.1 Å². The molecule has 0 bridgehead atoms. The van der Waals surface area contributed by atoms with E-state index in [-0.39, 0.29) is 11.6 Å². The Kier molecular flexibility index (Phi) is 5.96. The molecule has 3 rings (SSSR count). The standard InChI is InChI=1S/C18H17ClN4O4S/c1-26-18-16(23-28(2,24)25)10-15(21-22-18)14-7-4-8-17(20-14)27-11-12-5-3-6-13(19)9-12/h3-10H,11H2,1-2H3,(H,21,23). The van der Waals surface area contributed by atoms with E-state index in [9.17, 15) is 8.42 Å². The molecule has 0 amide bonds. The van der Waals surface area contributed by atoms with Crippen LogP contribution in [0, 0.1) is 0 Å². The van der Waals surface area contributed by atoms with Crippen molar-refractivity contribution < 1.29 is 17.9 Å². The van der Waals surface area contributed by atoms with Crippen LogP contribution in [0.4, 0.5) is 5.69 Å². The highest BCUT2D eigenvalue weighted by atomic mass is 35.5. The van der Waals surface area contributed by atoms with Gasteiger partial charge in [0.1, 0.15) is 18.0 Å². The maximum Gasteiger partial charge on any atom is 0.257 e. The van der Waals surface area contributed by atoms with Crippen LogP contribution < -0.4 is 14.2 Å². The van der Waals surface area contributed by atoms with Crippen molar-refractivity contribution in [1.82, 2.24) is 15.2 Å². The van der Waals surface area contributed by atoms with Crippen LogP contribution in [0.3, 0.4) is 0 Å². The van der Waals surface area contributed by atoms with E-state index in [1.54, 1.807) is 24.3 Å². The molecule has 0 aliphatic carbocycles. The summed E-state index contributed by atoms with van der Waals surface area (Å²) < 4.78 is 36.2. The van der Waals surface area contributed by atoms with Crippen molar-refractivity contribution >= 4 is 27.3 Å². The van der Waals surface area contributed by atoms with E-state index in [0.717, 1.165) is 11.8 Å². The molecular weight excluding hydrogens is 404 g/mol. The van der Waals surface area contributed by atoms with E-state index < -0.39 is 10.0 Å². The number of hydrogen-bond acceptors (Lipinski definition) is 7. The van der Waals surface area contributed by atoms with Crippen LogP contribution in [0.15, 0.2) is 48.5 Å². The van der Waals surface area contributed by atoms with Crippen molar-refractivity contribution in [2.24, 2.45) is 0 Å². The molecule has 0 aliphatic heterocycles. The van der Waals surface area contributed by atoms with E-state index in [0.29, 0.717) is 28.9 Å². The van der Waals surface area contributed by atoms with Crippen molar-refractivity contribution in [2.75, 3.05) is 18.1 Å². The molecule has 8 nitrogen and oxygen atoms in total. The molecule has 1 aromatic carbocycles. The lowest BCUT2D eigenvalue weighted by Crippen LogP contribution is -2.12. The normalized spacial score (nSPS) is 11.1. The van der Waals surface area contributed by atoms with E-state index in [2.05, 4.69) is 19.9 Å². The fourth-order valence-corrected chi connectivity index (χ4v) is 3.11. The molecule has 0 unspecified atom stereocenters. The monoisotopic (exact) mass is 420 g/mol. The first kappa shape index (κ1) is 19.8. The number of benzene rings is 1. The van der Waals surface area contributed by atoms with Crippen LogP contribution in [-0.2, 0) is 16.6 Å². The molecule has 1 N–H and O–H groups in total. The van der Waals surface area contributed by atoms with Gasteiger partial charge in [-0.3, -0.25) is 4.72 Å². The van der Waals surface area contributed by atoms with Crippen molar-refractivity contribution in [3.05, 3.63) is 59.1 Å². The molecule has 28 heavy (non-hydrogen) atoms. The quantitative estimate of drug-likeness (QED) is 0.626. The van der Waals surface area contributed by atoms with E-state index in [1.807, 2.05) is 18.2 Å². The Morgan fingerprint density at radius 2 is 1.86 bits per heavy atom. The summed E-state index contributed by atoms with van der Waals surface area (Å²) in [5, 5.41) is 8.56. The lowest BCUT2D eigenvalue weighted by molar-refractivity contribution is 0.294. The minimum absolute atomic E-state index is 0.0579. The summed E-state index contributed by atoms with van der Waals surface area (Å²) in [5.74, 6) is 0.440. The van der Waals surface area contributed by atoms with Crippen LogP contribution >= 0.6 is 11.6 Å². The second kappa shape index (κ2) is 8.41. The molecule has 2 heterocycles. The molecule has 0 aliphatic rings. The third-order valence-electron chi connectivity index (χ3n) is 3.51. The fraction of sp³-hybridized carbons (Fsp3) is 0.167. The summed E-state index contributed by atoms with van der Waals surface area (Å²) in [4.78, 5) is 4.40. The Morgan fingerprint density at radius 1 is 1.07 bits per heavy atom. The lowest BCUT2D eigenvalue weighted by atomic mass is 10.2. The number of anilines is 1. The highest BCUT2D eigenvalue weighted by Gasteiger charge is 2.14. The zero-order valence-corrected chi connectivity index (χ0v) is 16.7. The molecule has 0 radical (unpaired) electrons. The van der Waals surface area contributed by atoms with Gasteiger partial charge in [-0.05, 0) is 29.8 Å². The van der Waals surface area contributed by atoms with Crippen molar-refractivity contribution in [2.45, 2.75) is 6.61 Å². The molecule has 146 valence electrons. The Balaban J connectivity index is 1.84. The number of methoxy groups -OCH3 is 1. The molecule has 0 saturated carbocycles. The van der Waals surface area contributed by atoms with Crippen molar-refractivity contribution in [3.63, 3.8) is 0 Å². The zero-order valence-electron chi connectivity index (χ0n) is 15.1. The molecule has 10 heteroatoms. The van der Waals surface area contributed by atoms with Gasteiger partial charge in [-0.25, -0.2) is 13.4 Å². The van der Waals surface area contributed by atoms with Gasteiger partial charge in [0, 0.05) is 11.1 Å². The fourth-order valence-electron chi connectivity index (χ4n) is 2.35. The van der Waals surface area contributed by atoms with Gasteiger partial charge in [-0.15, -0.1) is 10.2 Å². The average Bonchev–Trinajstić information content (AvgIpc) is 2.65. The van der Waals surface area contributed by atoms with Crippen molar-refractivity contribution in [3.8, 4) is 23.1 Å². The Bertz CT molecular complexity index is 1090.